The van der Waals surface area contributed by atoms with Gasteiger partial charge in [-0.05, 0) is 6.92 Å². The van der Waals surface area contributed by atoms with E-state index in [0.717, 1.165) is 0 Å². The lowest BCUT2D eigenvalue weighted by molar-refractivity contribution is 0.378. The summed E-state index contributed by atoms with van der Waals surface area (Å²) >= 11 is 5.55. The third-order valence-electron chi connectivity index (χ3n) is 0.719. The van der Waals surface area contributed by atoms with E-state index in [1.165, 1.54) is 6.33 Å². The van der Waals surface area contributed by atoms with E-state index >= 15 is 0 Å². The minimum atomic E-state index is -0.183. The third-order valence-corrected chi connectivity index (χ3v) is 0.905. The fourth-order valence-corrected chi connectivity index (χ4v) is 0.453. The summed E-state index contributed by atoms with van der Waals surface area (Å²) in [6.45, 7) is 1.77. The molecular weight excluding hydrogens is 128 g/mol. The van der Waals surface area contributed by atoms with E-state index in [0.29, 0.717) is 5.89 Å². The van der Waals surface area contributed by atoms with Crippen LogP contribution in [0.15, 0.2) is 10.9 Å². The molecule has 44 valence electrons. The van der Waals surface area contributed by atoms with E-state index in [4.69, 9.17) is 11.6 Å². The highest BCUT2D eigenvalue weighted by Gasteiger charge is 2.04. The van der Waals surface area contributed by atoms with E-state index < -0.39 is 0 Å². The number of aromatic nitrogens is 2. The first-order chi connectivity index (χ1) is 3.80. The lowest BCUT2D eigenvalue weighted by atomic mass is 10.5. The molecule has 0 spiro atoms. The molecule has 0 amide bonds. The second-order valence-corrected chi connectivity index (χ2v) is 2.05. The highest BCUT2D eigenvalue weighted by molar-refractivity contribution is 6.20. The molecule has 0 aliphatic carbocycles. The minimum absolute atomic E-state index is 0.183. The van der Waals surface area contributed by atoms with Gasteiger partial charge in [-0.3, -0.25) is 0 Å². The molecule has 0 N–H and O–H groups in total. The molecule has 1 rings (SSSR count). The van der Waals surface area contributed by atoms with Crippen LogP contribution in [0.4, 0.5) is 0 Å². The van der Waals surface area contributed by atoms with Crippen LogP contribution in [0, 0.1) is 0 Å². The van der Waals surface area contributed by atoms with Crippen LogP contribution in [-0.4, -0.2) is 10.1 Å². The first-order valence-corrected chi connectivity index (χ1v) is 2.65. The molecule has 1 heterocycles. The van der Waals surface area contributed by atoms with Crippen LogP contribution in [0.1, 0.15) is 18.2 Å². The Morgan fingerprint density at radius 2 is 2.62 bits per heavy atom. The van der Waals surface area contributed by atoms with Crippen LogP contribution in [0.3, 0.4) is 0 Å². The van der Waals surface area contributed by atoms with Crippen molar-refractivity contribution >= 4 is 11.6 Å². The van der Waals surface area contributed by atoms with E-state index in [1.807, 2.05) is 0 Å². The van der Waals surface area contributed by atoms with Gasteiger partial charge in [-0.2, -0.15) is 4.98 Å². The molecule has 0 aliphatic heterocycles. The fraction of sp³-hybridized carbons (Fsp3) is 0.500. The summed E-state index contributed by atoms with van der Waals surface area (Å²) in [5, 5.41) is 3.19. The molecule has 1 aromatic rings. The van der Waals surface area contributed by atoms with E-state index in [2.05, 4.69) is 14.7 Å². The van der Waals surface area contributed by atoms with Crippen molar-refractivity contribution in [1.82, 2.24) is 10.1 Å². The van der Waals surface area contributed by atoms with Gasteiger partial charge in [-0.15, -0.1) is 11.6 Å². The van der Waals surface area contributed by atoms with E-state index in [9.17, 15) is 0 Å². The van der Waals surface area contributed by atoms with Crippen LogP contribution >= 0.6 is 11.6 Å². The average Bonchev–Trinajstić information content (AvgIpc) is 2.12. The zero-order valence-corrected chi connectivity index (χ0v) is 5.09. The molecule has 0 saturated carbocycles. The van der Waals surface area contributed by atoms with Crippen LogP contribution in [0.25, 0.3) is 0 Å². The topological polar surface area (TPSA) is 38.9 Å². The van der Waals surface area contributed by atoms with Crippen LogP contribution in [-0.2, 0) is 0 Å². The predicted molar refractivity (Wildman–Crippen MR) is 28.6 cm³/mol. The van der Waals surface area contributed by atoms with Crippen molar-refractivity contribution in [2.45, 2.75) is 12.3 Å². The number of hydrogen-bond acceptors (Lipinski definition) is 3. The molecule has 1 aromatic heterocycles. The van der Waals surface area contributed by atoms with Gasteiger partial charge in [0.15, 0.2) is 6.33 Å². The molecule has 0 aliphatic rings. The first-order valence-electron chi connectivity index (χ1n) is 2.21. The smallest absolute Gasteiger partial charge is 0.244 e. The van der Waals surface area contributed by atoms with Gasteiger partial charge in [-0.25, -0.2) is 0 Å². The molecule has 4 heteroatoms. The van der Waals surface area contributed by atoms with Gasteiger partial charge in [0.2, 0.25) is 5.89 Å². The maximum Gasteiger partial charge on any atom is 0.244 e. The van der Waals surface area contributed by atoms with Crippen molar-refractivity contribution in [3.05, 3.63) is 12.2 Å². The SMILES string of the molecule is C[C@H](Cl)c1ncno1. The standard InChI is InChI=1S/C4H5ClN2O/c1-3(5)4-6-2-7-8-4/h2-3H,1H3/t3-/m0/s1. The Bertz CT molecular complexity index is 149. The number of alkyl halides is 1. The highest BCUT2D eigenvalue weighted by atomic mass is 35.5. The second-order valence-electron chi connectivity index (χ2n) is 1.40. The summed E-state index contributed by atoms with van der Waals surface area (Å²) in [6.07, 6.45) is 1.33. The zero-order chi connectivity index (χ0) is 5.98. The summed E-state index contributed by atoms with van der Waals surface area (Å²) in [4.78, 5) is 3.71. The Hall–Kier alpha value is -0.570. The van der Waals surface area contributed by atoms with Gasteiger partial charge in [-0.1, -0.05) is 5.16 Å². The Morgan fingerprint density at radius 1 is 1.88 bits per heavy atom. The van der Waals surface area contributed by atoms with Gasteiger partial charge in [0, 0.05) is 0 Å². The molecule has 0 fully saturated rings. The van der Waals surface area contributed by atoms with Gasteiger partial charge in [0.1, 0.15) is 5.38 Å². The number of nitrogens with zero attached hydrogens (tertiary/aromatic N) is 2. The number of halogens is 1. The van der Waals surface area contributed by atoms with Crippen LogP contribution < -0.4 is 0 Å². The van der Waals surface area contributed by atoms with Crippen molar-refractivity contribution in [2.75, 3.05) is 0 Å². The summed E-state index contributed by atoms with van der Waals surface area (Å²) in [7, 11) is 0. The molecule has 1 atom stereocenters. The largest absolute Gasteiger partial charge is 0.338 e. The van der Waals surface area contributed by atoms with Crippen molar-refractivity contribution in [2.24, 2.45) is 0 Å². The quantitative estimate of drug-likeness (QED) is 0.542. The molecule has 8 heavy (non-hydrogen) atoms. The Balaban J connectivity index is 2.77. The molecule has 3 nitrogen and oxygen atoms in total. The molecule has 0 radical (unpaired) electrons. The van der Waals surface area contributed by atoms with Crippen molar-refractivity contribution in [3.63, 3.8) is 0 Å². The lowest BCUT2D eigenvalue weighted by Crippen LogP contribution is -1.80. The number of hydrogen-bond donors (Lipinski definition) is 0. The monoisotopic (exact) mass is 132 g/mol. The van der Waals surface area contributed by atoms with Crippen LogP contribution in [0.5, 0.6) is 0 Å². The first kappa shape index (κ1) is 5.56. The maximum absolute atomic E-state index is 5.55. The molecule has 0 unspecified atom stereocenters. The lowest BCUT2D eigenvalue weighted by Gasteiger charge is -1.88. The fourth-order valence-electron chi connectivity index (χ4n) is 0.357. The third kappa shape index (κ3) is 0.980. The zero-order valence-electron chi connectivity index (χ0n) is 4.34. The Kier molecular flexibility index (Phi) is 1.48. The van der Waals surface area contributed by atoms with E-state index in [-0.39, 0.29) is 5.38 Å². The molecule has 0 bridgehead atoms. The highest BCUT2D eigenvalue weighted by Crippen LogP contribution is 2.14. The summed E-state index contributed by atoms with van der Waals surface area (Å²) in [5.41, 5.74) is 0. The Labute approximate surface area is 51.6 Å². The van der Waals surface area contributed by atoms with Crippen molar-refractivity contribution < 1.29 is 4.52 Å². The maximum atomic E-state index is 5.55. The van der Waals surface area contributed by atoms with Gasteiger partial charge < -0.3 is 4.52 Å². The summed E-state index contributed by atoms with van der Waals surface area (Å²) in [5.74, 6) is 0.465. The van der Waals surface area contributed by atoms with Crippen molar-refractivity contribution in [1.29, 1.82) is 0 Å². The van der Waals surface area contributed by atoms with E-state index in [1.54, 1.807) is 6.92 Å². The second kappa shape index (κ2) is 2.13. The number of rotatable bonds is 1. The molecular formula is C4H5ClN2O. The minimum Gasteiger partial charge on any atom is -0.338 e. The predicted octanol–water partition coefficient (Wildman–Crippen LogP) is 1.37. The summed E-state index contributed by atoms with van der Waals surface area (Å²) in [6, 6.07) is 0. The average molecular weight is 133 g/mol. The normalized spacial score (nSPS) is 13.8. The van der Waals surface area contributed by atoms with Crippen LogP contribution in [0.2, 0.25) is 0 Å². The van der Waals surface area contributed by atoms with Gasteiger partial charge >= 0.3 is 0 Å². The van der Waals surface area contributed by atoms with Gasteiger partial charge in [0.05, 0.1) is 0 Å². The Morgan fingerprint density at radius 3 is 2.88 bits per heavy atom. The van der Waals surface area contributed by atoms with Crippen molar-refractivity contribution in [3.8, 4) is 0 Å². The molecule has 0 aromatic carbocycles. The summed E-state index contributed by atoms with van der Waals surface area (Å²) < 4.78 is 4.60. The molecule has 0 saturated heterocycles. The van der Waals surface area contributed by atoms with Gasteiger partial charge in [0.25, 0.3) is 0 Å².